The summed E-state index contributed by atoms with van der Waals surface area (Å²) in [6.45, 7) is 4.45. The second-order valence-corrected chi connectivity index (χ2v) is 2.78. The molecule has 0 saturated carbocycles. The van der Waals surface area contributed by atoms with E-state index in [1.807, 2.05) is 38.1 Å². The van der Waals surface area contributed by atoms with E-state index in [0.717, 1.165) is 11.3 Å². The second-order valence-electron chi connectivity index (χ2n) is 2.78. The van der Waals surface area contributed by atoms with Crippen LogP contribution in [0.4, 0.5) is 0 Å². The van der Waals surface area contributed by atoms with Crippen molar-refractivity contribution in [2.24, 2.45) is 0 Å². The zero-order valence-electron chi connectivity index (χ0n) is 8.03. The summed E-state index contributed by atoms with van der Waals surface area (Å²) in [6.07, 6.45) is 1.27. The van der Waals surface area contributed by atoms with E-state index in [9.17, 15) is 5.11 Å². The van der Waals surface area contributed by atoms with Gasteiger partial charge in [-0.15, -0.1) is 0 Å². The van der Waals surface area contributed by atoms with Crippen molar-refractivity contribution in [2.75, 3.05) is 6.61 Å². The van der Waals surface area contributed by atoms with Crippen molar-refractivity contribution in [3.63, 3.8) is 0 Å². The summed E-state index contributed by atoms with van der Waals surface area (Å²) < 4.78 is 5.28. The highest BCUT2D eigenvalue weighted by atomic mass is 16.5. The maximum Gasteiger partial charge on any atom is 0.119 e. The molecule has 0 unspecified atom stereocenters. The zero-order chi connectivity index (χ0) is 9.68. The molecule has 1 N–H and O–H groups in total. The van der Waals surface area contributed by atoms with Crippen molar-refractivity contribution in [1.82, 2.24) is 0 Å². The van der Waals surface area contributed by atoms with Crippen LogP contribution in [-0.2, 0) is 0 Å². The standard InChI is InChI=1S/C11H15O2/c1-3-11(12)9-5-7-10(8-6-9)13-4-2/h3,5-8,11-12H,4H2,1-2H3/t11-/m0/s1. The van der Waals surface area contributed by atoms with Crippen molar-refractivity contribution in [2.45, 2.75) is 20.0 Å². The SMILES string of the molecule is C[CH][C@H](O)c1ccc(OCC)cc1. The average molecular weight is 179 g/mol. The molecule has 1 aromatic rings. The Morgan fingerprint density at radius 3 is 2.46 bits per heavy atom. The van der Waals surface area contributed by atoms with Crippen molar-refractivity contribution >= 4 is 0 Å². The zero-order valence-corrected chi connectivity index (χ0v) is 8.03. The summed E-state index contributed by atoms with van der Waals surface area (Å²) in [6, 6.07) is 7.47. The first-order chi connectivity index (χ1) is 6.27. The molecule has 0 saturated heterocycles. The Morgan fingerprint density at radius 1 is 1.38 bits per heavy atom. The molecule has 0 bridgehead atoms. The molecule has 0 heterocycles. The van der Waals surface area contributed by atoms with Crippen molar-refractivity contribution in [1.29, 1.82) is 0 Å². The van der Waals surface area contributed by atoms with Crippen LogP contribution in [0.1, 0.15) is 25.5 Å². The van der Waals surface area contributed by atoms with Crippen molar-refractivity contribution < 1.29 is 9.84 Å². The molecule has 0 fully saturated rings. The predicted octanol–water partition coefficient (Wildman–Crippen LogP) is 2.34. The molecule has 13 heavy (non-hydrogen) atoms. The summed E-state index contributed by atoms with van der Waals surface area (Å²) in [5.41, 5.74) is 0.894. The van der Waals surface area contributed by atoms with Crippen LogP contribution in [0, 0.1) is 6.42 Å². The van der Waals surface area contributed by atoms with Crippen LogP contribution in [0.2, 0.25) is 0 Å². The third-order valence-corrected chi connectivity index (χ3v) is 1.85. The first-order valence-corrected chi connectivity index (χ1v) is 4.48. The quantitative estimate of drug-likeness (QED) is 0.768. The van der Waals surface area contributed by atoms with Crippen molar-refractivity contribution in [3.8, 4) is 5.75 Å². The van der Waals surface area contributed by atoms with Gasteiger partial charge in [-0.3, -0.25) is 0 Å². The van der Waals surface area contributed by atoms with Gasteiger partial charge >= 0.3 is 0 Å². The molecular weight excluding hydrogens is 164 g/mol. The van der Waals surface area contributed by atoms with Crippen LogP contribution >= 0.6 is 0 Å². The third kappa shape index (κ3) is 2.74. The topological polar surface area (TPSA) is 29.5 Å². The van der Waals surface area contributed by atoms with Gasteiger partial charge < -0.3 is 9.84 Å². The van der Waals surface area contributed by atoms with Gasteiger partial charge in [0, 0.05) is 0 Å². The lowest BCUT2D eigenvalue weighted by Crippen LogP contribution is -1.96. The van der Waals surface area contributed by atoms with E-state index >= 15 is 0 Å². The van der Waals surface area contributed by atoms with Gasteiger partial charge in [0.25, 0.3) is 0 Å². The third-order valence-electron chi connectivity index (χ3n) is 1.85. The van der Waals surface area contributed by atoms with Gasteiger partial charge in [-0.25, -0.2) is 0 Å². The molecular formula is C11H15O2. The van der Waals surface area contributed by atoms with E-state index in [4.69, 9.17) is 4.74 Å². The van der Waals surface area contributed by atoms with Gasteiger partial charge in [-0.2, -0.15) is 0 Å². The van der Waals surface area contributed by atoms with Gasteiger partial charge in [0.05, 0.1) is 12.7 Å². The normalized spacial score (nSPS) is 12.5. The van der Waals surface area contributed by atoms with Crippen LogP contribution < -0.4 is 4.74 Å². The molecule has 0 amide bonds. The largest absolute Gasteiger partial charge is 0.494 e. The molecule has 0 aromatic heterocycles. The number of aliphatic hydroxyl groups is 1. The van der Waals surface area contributed by atoms with Crippen LogP contribution in [0.15, 0.2) is 24.3 Å². The molecule has 1 atom stereocenters. The molecule has 71 valence electrons. The van der Waals surface area contributed by atoms with Gasteiger partial charge in [0.15, 0.2) is 0 Å². The summed E-state index contributed by atoms with van der Waals surface area (Å²) in [5, 5.41) is 9.45. The first kappa shape index (κ1) is 10.1. The lowest BCUT2D eigenvalue weighted by molar-refractivity contribution is 0.212. The Balaban J connectivity index is 2.69. The van der Waals surface area contributed by atoms with Gasteiger partial charge in [-0.1, -0.05) is 19.1 Å². The Bertz CT molecular complexity index is 241. The lowest BCUT2D eigenvalue weighted by atomic mass is 10.1. The molecule has 0 aliphatic rings. The number of hydrogen-bond acceptors (Lipinski definition) is 2. The highest BCUT2D eigenvalue weighted by molar-refractivity contribution is 5.29. The number of ether oxygens (including phenoxy) is 1. The maximum absolute atomic E-state index is 9.45. The summed E-state index contributed by atoms with van der Waals surface area (Å²) in [5.74, 6) is 0.842. The molecule has 0 aliphatic carbocycles. The molecule has 1 radical (unpaired) electrons. The van der Waals surface area contributed by atoms with Crippen molar-refractivity contribution in [3.05, 3.63) is 36.2 Å². The summed E-state index contributed by atoms with van der Waals surface area (Å²) >= 11 is 0. The van der Waals surface area contributed by atoms with E-state index in [1.165, 1.54) is 0 Å². The molecule has 0 spiro atoms. The van der Waals surface area contributed by atoms with E-state index in [0.29, 0.717) is 6.61 Å². The Labute approximate surface area is 79.2 Å². The summed E-state index contributed by atoms with van der Waals surface area (Å²) in [4.78, 5) is 0. The van der Waals surface area contributed by atoms with Crippen LogP contribution in [0.3, 0.4) is 0 Å². The van der Waals surface area contributed by atoms with E-state index in [2.05, 4.69) is 0 Å². The minimum Gasteiger partial charge on any atom is -0.494 e. The average Bonchev–Trinajstić information content (AvgIpc) is 2.18. The predicted molar refractivity (Wildman–Crippen MR) is 52.5 cm³/mol. The molecule has 2 heteroatoms. The Kier molecular flexibility index (Phi) is 3.77. The summed E-state index contributed by atoms with van der Waals surface area (Å²) in [7, 11) is 0. The van der Waals surface area contributed by atoms with Gasteiger partial charge in [0.2, 0.25) is 0 Å². The number of hydrogen-bond donors (Lipinski definition) is 1. The van der Waals surface area contributed by atoms with Gasteiger partial charge in [-0.05, 0) is 31.0 Å². The monoisotopic (exact) mass is 179 g/mol. The molecule has 0 aliphatic heterocycles. The minimum atomic E-state index is -0.476. The number of aliphatic hydroxyl groups excluding tert-OH is 1. The Hall–Kier alpha value is -1.02. The van der Waals surface area contributed by atoms with Crippen LogP contribution in [0.5, 0.6) is 5.75 Å². The fraction of sp³-hybridized carbons (Fsp3) is 0.364. The van der Waals surface area contributed by atoms with Gasteiger partial charge in [0.1, 0.15) is 5.75 Å². The van der Waals surface area contributed by atoms with E-state index in [-0.39, 0.29) is 0 Å². The lowest BCUT2D eigenvalue weighted by Gasteiger charge is -2.08. The smallest absolute Gasteiger partial charge is 0.119 e. The first-order valence-electron chi connectivity index (χ1n) is 4.48. The molecule has 1 aromatic carbocycles. The fourth-order valence-electron chi connectivity index (χ4n) is 1.12. The van der Waals surface area contributed by atoms with Crippen LogP contribution in [-0.4, -0.2) is 11.7 Å². The van der Waals surface area contributed by atoms with E-state index in [1.54, 1.807) is 6.42 Å². The number of benzene rings is 1. The van der Waals surface area contributed by atoms with E-state index < -0.39 is 6.10 Å². The maximum atomic E-state index is 9.45. The second kappa shape index (κ2) is 4.87. The van der Waals surface area contributed by atoms with Crippen LogP contribution in [0.25, 0.3) is 0 Å². The molecule has 2 nitrogen and oxygen atoms in total. The molecule has 1 rings (SSSR count). The highest BCUT2D eigenvalue weighted by Gasteiger charge is 2.03. The number of rotatable bonds is 4. The fourth-order valence-corrected chi connectivity index (χ4v) is 1.12. The highest BCUT2D eigenvalue weighted by Crippen LogP contribution is 2.19. The Morgan fingerprint density at radius 2 is 2.00 bits per heavy atom. The minimum absolute atomic E-state index is 0.476.